The van der Waals surface area contributed by atoms with E-state index in [1.165, 1.54) is 27.8 Å². The minimum atomic E-state index is 0.0981. The summed E-state index contributed by atoms with van der Waals surface area (Å²) in [6, 6.07) is 4.66. The van der Waals surface area contributed by atoms with Gasteiger partial charge in [0, 0.05) is 24.4 Å². The topological polar surface area (TPSA) is 22.0 Å². The van der Waals surface area contributed by atoms with Gasteiger partial charge in [0.25, 0.3) is 5.56 Å². The fraction of sp³-hybridized carbons (Fsp3) is 0.476. The van der Waals surface area contributed by atoms with Crippen molar-refractivity contribution in [2.45, 2.75) is 60.3 Å². The van der Waals surface area contributed by atoms with E-state index in [1.54, 1.807) is 4.57 Å². The summed E-state index contributed by atoms with van der Waals surface area (Å²) < 4.78 is 1.70. The van der Waals surface area contributed by atoms with E-state index in [2.05, 4.69) is 39.8 Å². The standard InChI is InChI=1S/C21H29NO/c1-7-10-17-12-18(11-16(8-2)19(17)9-3)20-13-22(6)21(23)15(5)14(20)4/h11-13H,7-10H2,1-6H3. The number of pyridine rings is 1. The summed E-state index contributed by atoms with van der Waals surface area (Å²) in [5.41, 5.74) is 8.90. The molecular weight excluding hydrogens is 282 g/mol. The number of aromatic nitrogens is 1. The van der Waals surface area contributed by atoms with Crippen molar-refractivity contribution in [1.29, 1.82) is 0 Å². The van der Waals surface area contributed by atoms with Crippen molar-refractivity contribution in [3.05, 3.63) is 56.5 Å². The second-order valence-corrected chi connectivity index (χ2v) is 6.44. The number of rotatable bonds is 5. The molecular formula is C21H29NO. The van der Waals surface area contributed by atoms with Crippen LogP contribution in [0.4, 0.5) is 0 Å². The van der Waals surface area contributed by atoms with Crippen LogP contribution in [0, 0.1) is 13.8 Å². The van der Waals surface area contributed by atoms with Gasteiger partial charge in [0.2, 0.25) is 0 Å². The van der Waals surface area contributed by atoms with Crippen LogP contribution in [-0.4, -0.2) is 4.57 Å². The molecule has 2 aromatic rings. The van der Waals surface area contributed by atoms with Crippen LogP contribution in [0.1, 0.15) is 55.0 Å². The van der Waals surface area contributed by atoms with Crippen LogP contribution in [0.15, 0.2) is 23.1 Å². The molecule has 0 radical (unpaired) electrons. The number of benzene rings is 1. The summed E-state index contributed by atoms with van der Waals surface area (Å²) in [7, 11) is 1.84. The van der Waals surface area contributed by atoms with Gasteiger partial charge in [-0.3, -0.25) is 4.79 Å². The molecule has 2 nitrogen and oxygen atoms in total. The van der Waals surface area contributed by atoms with E-state index in [0.29, 0.717) is 0 Å². The van der Waals surface area contributed by atoms with E-state index >= 15 is 0 Å². The summed E-state index contributed by atoms with van der Waals surface area (Å²) in [6.07, 6.45) is 6.40. The van der Waals surface area contributed by atoms with Gasteiger partial charge in [0.15, 0.2) is 0 Å². The van der Waals surface area contributed by atoms with Gasteiger partial charge in [0.05, 0.1) is 0 Å². The van der Waals surface area contributed by atoms with Gasteiger partial charge in [-0.2, -0.15) is 0 Å². The summed E-state index contributed by atoms with van der Waals surface area (Å²) in [5, 5.41) is 0. The fourth-order valence-corrected chi connectivity index (χ4v) is 3.48. The van der Waals surface area contributed by atoms with Gasteiger partial charge in [-0.05, 0) is 60.9 Å². The Morgan fingerprint density at radius 3 is 2.17 bits per heavy atom. The van der Waals surface area contributed by atoms with Crippen molar-refractivity contribution >= 4 is 0 Å². The monoisotopic (exact) mass is 311 g/mol. The van der Waals surface area contributed by atoms with Crippen molar-refractivity contribution in [1.82, 2.24) is 4.57 Å². The third kappa shape index (κ3) is 3.26. The van der Waals surface area contributed by atoms with Crippen molar-refractivity contribution in [3.63, 3.8) is 0 Å². The van der Waals surface area contributed by atoms with E-state index in [0.717, 1.165) is 36.8 Å². The highest BCUT2D eigenvalue weighted by atomic mass is 16.1. The second-order valence-electron chi connectivity index (χ2n) is 6.44. The Labute approximate surface area is 140 Å². The van der Waals surface area contributed by atoms with Crippen LogP contribution >= 0.6 is 0 Å². The van der Waals surface area contributed by atoms with Crippen LogP contribution in [0.25, 0.3) is 11.1 Å². The zero-order valence-corrected chi connectivity index (χ0v) is 15.4. The molecule has 2 rings (SSSR count). The lowest BCUT2D eigenvalue weighted by Gasteiger charge is -2.18. The van der Waals surface area contributed by atoms with E-state index in [4.69, 9.17) is 0 Å². The lowest BCUT2D eigenvalue weighted by molar-refractivity contribution is 0.844. The van der Waals surface area contributed by atoms with Crippen molar-refractivity contribution < 1.29 is 0 Å². The van der Waals surface area contributed by atoms with Gasteiger partial charge >= 0.3 is 0 Å². The van der Waals surface area contributed by atoms with Crippen molar-refractivity contribution in [3.8, 4) is 11.1 Å². The first-order chi connectivity index (χ1) is 10.9. The molecule has 0 N–H and O–H groups in total. The largest absolute Gasteiger partial charge is 0.318 e. The molecule has 0 bridgehead atoms. The third-order valence-corrected chi connectivity index (χ3v) is 4.93. The van der Waals surface area contributed by atoms with Gasteiger partial charge in [0.1, 0.15) is 0 Å². The highest BCUT2D eigenvalue weighted by molar-refractivity contribution is 5.70. The lowest BCUT2D eigenvalue weighted by Crippen LogP contribution is -2.20. The number of nitrogens with zero attached hydrogens (tertiary/aromatic N) is 1. The quantitative estimate of drug-likeness (QED) is 0.781. The van der Waals surface area contributed by atoms with Crippen LogP contribution in [-0.2, 0) is 26.3 Å². The molecule has 0 amide bonds. The maximum Gasteiger partial charge on any atom is 0.253 e. The molecule has 0 aliphatic carbocycles. The maximum atomic E-state index is 12.1. The summed E-state index contributed by atoms with van der Waals surface area (Å²) >= 11 is 0. The normalized spacial score (nSPS) is 11.0. The molecule has 1 aromatic carbocycles. The zero-order valence-electron chi connectivity index (χ0n) is 15.4. The van der Waals surface area contributed by atoms with Gasteiger partial charge < -0.3 is 4.57 Å². The molecule has 0 atom stereocenters. The summed E-state index contributed by atoms with van der Waals surface area (Å²) in [6.45, 7) is 10.7. The Kier molecular flexibility index (Phi) is 5.46. The summed E-state index contributed by atoms with van der Waals surface area (Å²) in [5.74, 6) is 0. The Morgan fingerprint density at radius 2 is 1.61 bits per heavy atom. The van der Waals surface area contributed by atoms with E-state index in [9.17, 15) is 4.79 Å². The SMILES string of the molecule is CCCc1cc(-c2cn(C)c(=O)c(C)c2C)cc(CC)c1CC. The molecule has 0 unspecified atom stereocenters. The molecule has 0 saturated heterocycles. The smallest absolute Gasteiger partial charge is 0.253 e. The van der Waals surface area contributed by atoms with E-state index in [1.807, 2.05) is 20.2 Å². The Hall–Kier alpha value is -1.83. The average Bonchev–Trinajstić information content (AvgIpc) is 2.55. The zero-order chi connectivity index (χ0) is 17.1. The molecule has 0 saturated carbocycles. The first-order valence-electron chi connectivity index (χ1n) is 8.76. The molecule has 0 aliphatic rings. The highest BCUT2D eigenvalue weighted by Crippen LogP contribution is 2.30. The van der Waals surface area contributed by atoms with Gasteiger partial charge in [-0.15, -0.1) is 0 Å². The minimum Gasteiger partial charge on any atom is -0.318 e. The van der Waals surface area contributed by atoms with E-state index in [-0.39, 0.29) is 5.56 Å². The van der Waals surface area contributed by atoms with Crippen molar-refractivity contribution in [2.24, 2.45) is 7.05 Å². The Balaban J connectivity index is 2.74. The van der Waals surface area contributed by atoms with Crippen LogP contribution < -0.4 is 5.56 Å². The first kappa shape index (κ1) is 17.5. The minimum absolute atomic E-state index is 0.0981. The van der Waals surface area contributed by atoms with Gasteiger partial charge in [-0.25, -0.2) is 0 Å². The molecule has 0 fully saturated rings. The van der Waals surface area contributed by atoms with Crippen LogP contribution in [0.2, 0.25) is 0 Å². The fourth-order valence-electron chi connectivity index (χ4n) is 3.48. The van der Waals surface area contributed by atoms with Gasteiger partial charge in [-0.1, -0.05) is 39.3 Å². The average molecular weight is 311 g/mol. The second kappa shape index (κ2) is 7.16. The molecule has 1 heterocycles. The van der Waals surface area contributed by atoms with Crippen LogP contribution in [0.3, 0.4) is 0 Å². The molecule has 0 aliphatic heterocycles. The summed E-state index contributed by atoms with van der Waals surface area (Å²) in [4.78, 5) is 12.1. The van der Waals surface area contributed by atoms with E-state index < -0.39 is 0 Å². The third-order valence-electron chi connectivity index (χ3n) is 4.93. The van der Waals surface area contributed by atoms with Crippen molar-refractivity contribution in [2.75, 3.05) is 0 Å². The Morgan fingerprint density at radius 1 is 0.957 bits per heavy atom. The Bertz CT molecular complexity index is 768. The molecule has 23 heavy (non-hydrogen) atoms. The molecule has 124 valence electrons. The number of hydrogen-bond acceptors (Lipinski definition) is 1. The maximum absolute atomic E-state index is 12.1. The number of hydrogen-bond donors (Lipinski definition) is 0. The number of aryl methyl sites for hydroxylation is 3. The predicted molar refractivity (Wildman–Crippen MR) is 99.3 cm³/mol. The molecule has 1 aromatic heterocycles. The van der Waals surface area contributed by atoms with Crippen LogP contribution in [0.5, 0.6) is 0 Å². The first-order valence-corrected chi connectivity index (χ1v) is 8.76. The predicted octanol–water partition coefficient (Wildman–Crippen LogP) is 4.75. The highest BCUT2D eigenvalue weighted by Gasteiger charge is 2.13. The lowest BCUT2D eigenvalue weighted by atomic mass is 9.89. The molecule has 0 spiro atoms. The molecule has 2 heteroatoms.